The van der Waals surface area contributed by atoms with Crippen LogP contribution in [-0.2, 0) is 10.1 Å². The lowest BCUT2D eigenvalue weighted by Crippen LogP contribution is -2.28. The lowest BCUT2D eigenvalue weighted by Gasteiger charge is -2.12. The fraction of sp³-hybridized carbons (Fsp3) is 0.100. The molecule has 3 aromatic carbocycles. The Morgan fingerprint density at radius 1 is 0.741 bits per heavy atom. The van der Waals surface area contributed by atoms with Crippen LogP contribution in [0.4, 0.5) is 13.2 Å². The average Bonchev–Trinajstić information content (AvgIpc) is 2.62. The molecule has 0 saturated carbocycles. The molecule has 0 aliphatic carbocycles. The van der Waals surface area contributed by atoms with Crippen molar-refractivity contribution in [3.63, 3.8) is 0 Å². The molecular weight excluding hydrogens is 377 g/mol. The number of aryl methyl sites for hydroxylation is 1. The maximum atomic E-state index is 12.4. The van der Waals surface area contributed by atoms with Gasteiger partial charge in [-0.05, 0) is 41.3 Å². The summed E-state index contributed by atoms with van der Waals surface area (Å²) in [5.41, 5.74) is -0.799. The summed E-state index contributed by atoms with van der Waals surface area (Å²) in [4.78, 5) is 0. The summed E-state index contributed by atoms with van der Waals surface area (Å²) in [6, 6.07) is 21.0. The fourth-order valence-electron chi connectivity index (χ4n) is 2.58. The Labute approximate surface area is 155 Å². The van der Waals surface area contributed by atoms with Gasteiger partial charge in [-0.15, -0.1) is 0 Å². The van der Waals surface area contributed by atoms with Crippen LogP contribution in [0.15, 0.2) is 72.8 Å². The molecule has 0 unspecified atom stereocenters. The third-order valence-electron chi connectivity index (χ3n) is 3.94. The summed E-state index contributed by atoms with van der Waals surface area (Å²) < 4.78 is 63.6. The number of rotatable bonds is 4. The molecule has 0 aliphatic heterocycles. The number of alkyl halides is 3. The van der Waals surface area contributed by atoms with Crippen LogP contribution in [0.25, 0.3) is 22.3 Å². The van der Waals surface area contributed by atoms with Gasteiger partial charge in [-0.2, -0.15) is 21.6 Å². The Bertz CT molecular complexity index is 1040. The number of hydrogen-bond acceptors (Lipinski definition) is 3. The first-order chi connectivity index (χ1) is 12.7. The molecule has 0 heterocycles. The van der Waals surface area contributed by atoms with Gasteiger partial charge in [-0.25, -0.2) is 0 Å². The van der Waals surface area contributed by atoms with Gasteiger partial charge in [-0.3, -0.25) is 0 Å². The summed E-state index contributed by atoms with van der Waals surface area (Å²) in [5.74, 6) is -0.399. The average molecular weight is 392 g/mol. The van der Waals surface area contributed by atoms with E-state index < -0.39 is 21.4 Å². The van der Waals surface area contributed by atoms with Crippen molar-refractivity contribution >= 4 is 10.1 Å². The monoisotopic (exact) mass is 392 g/mol. The largest absolute Gasteiger partial charge is 0.534 e. The van der Waals surface area contributed by atoms with Gasteiger partial charge in [0.25, 0.3) is 0 Å². The molecular formula is C20H15F3O3S. The first-order valence-electron chi connectivity index (χ1n) is 7.95. The molecule has 0 spiro atoms. The van der Waals surface area contributed by atoms with Crippen LogP contribution < -0.4 is 4.18 Å². The van der Waals surface area contributed by atoms with E-state index in [1.54, 1.807) is 0 Å². The molecule has 0 saturated heterocycles. The molecule has 0 aromatic heterocycles. The Morgan fingerprint density at radius 2 is 1.19 bits per heavy atom. The fourth-order valence-corrected chi connectivity index (χ4v) is 3.04. The second-order valence-corrected chi connectivity index (χ2v) is 7.46. The van der Waals surface area contributed by atoms with E-state index in [1.165, 1.54) is 24.3 Å². The van der Waals surface area contributed by atoms with Crippen molar-refractivity contribution in [2.24, 2.45) is 0 Å². The predicted octanol–water partition coefficient (Wildman–Crippen LogP) is 5.56. The lowest BCUT2D eigenvalue weighted by molar-refractivity contribution is -0.0500. The van der Waals surface area contributed by atoms with E-state index in [2.05, 4.69) is 4.18 Å². The van der Waals surface area contributed by atoms with Crippen molar-refractivity contribution in [3.05, 3.63) is 78.4 Å². The maximum Gasteiger partial charge on any atom is 0.534 e. The Kier molecular flexibility index (Phi) is 4.97. The van der Waals surface area contributed by atoms with Crippen LogP contribution in [0.5, 0.6) is 5.75 Å². The van der Waals surface area contributed by atoms with Gasteiger partial charge in [0.05, 0.1) is 0 Å². The van der Waals surface area contributed by atoms with Crippen molar-refractivity contribution in [1.82, 2.24) is 0 Å². The molecule has 140 valence electrons. The molecule has 0 radical (unpaired) electrons. The molecule has 0 fully saturated rings. The summed E-state index contributed by atoms with van der Waals surface area (Å²) >= 11 is 0. The molecule has 0 atom stereocenters. The Morgan fingerprint density at radius 3 is 1.63 bits per heavy atom. The minimum Gasteiger partial charge on any atom is -0.376 e. The predicted molar refractivity (Wildman–Crippen MR) is 97.7 cm³/mol. The van der Waals surface area contributed by atoms with Gasteiger partial charge in [0.1, 0.15) is 5.75 Å². The van der Waals surface area contributed by atoms with Gasteiger partial charge in [0.15, 0.2) is 0 Å². The molecule has 0 aliphatic rings. The molecule has 27 heavy (non-hydrogen) atoms. The Hall–Kier alpha value is -2.80. The van der Waals surface area contributed by atoms with E-state index in [1.807, 2.05) is 55.5 Å². The van der Waals surface area contributed by atoms with E-state index in [9.17, 15) is 21.6 Å². The molecule has 0 bridgehead atoms. The van der Waals surface area contributed by atoms with Gasteiger partial charge in [-0.1, -0.05) is 66.2 Å². The second kappa shape index (κ2) is 7.08. The molecule has 0 N–H and O–H groups in total. The highest BCUT2D eigenvalue weighted by atomic mass is 32.2. The molecule has 3 aromatic rings. The van der Waals surface area contributed by atoms with E-state index in [-0.39, 0.29) is 0 Å². The standard InChI is InChI=1S/C20H15F3O3S/c1-14-6-8-15(9-7-14)18-4-2-3-5-19(18)16-10-12-17(13-11-16)26-27(24,25)20(21,22)23/h2-13H,1H3. The van der Waals surface area contributed by atoms with Crippen molar-refractivity contribution < 1.29 is 25.8 Å². The summed E-state index contributed by atoms with van der Waals surface area (Å²) in [6.45, 7) is 1.99. The summed E-state index contributed by atoms with van der Waals surface area (Å²) in [7, 11) is -5.68. The highest BCUT2D eigenvalue weighted by molar-refractivity contribution is 7.88. The maximum absolute atomic E-state index is 12.4. The number of benzene rings is 3. The smallest absolute Gasteiger partial charge is 0.376 e. The van der Waals surface area contributed by atoms with Crippen molar-refractivity contribution in [2.75, 3.05) is 0 Å². The van der Waals surface area contributed by atoms with Crippen molar-refractivity contribution in [3.8, 4) is 28.0 Å². The topological polar surface area (TPSA) is 43.4 Å². The minimum atomic E-state index is -5.68. The van der Waals surface area contributed by atoms with Crippen LogP contribution in [0, 0.1) is 6.92 Å². The summed E-state index contributed by atoms with van der Waals surface area (Å²) in [6.07, 6.45) is 0. The summed E-state index contributed by atoms with van der Waals surface area (Å²) in [5, 5.41) is 0. The van der Waals surface area contributed by atoms with Gasteiger partial charge in [0.2, 0.25) is 0 Å². The second-order valence-electron chi connectivity index (χ2n) is 5.92. The van der Waals surface area contributed by atoms with E-state index in [4.69, 9.17) is 0 Å². The van der Waals surface area contributed by atoms with Gasteiger partial charge in [0, 0.05) is 0 Å². The van der Waals surface area contributed by atoms with Crippen molar-refractivity contribution in [2.45, 2.75) is 12.4 Å². The van der Waals surface area contributed by atoms with Crippen LogP contribution >= 0.6 is 0 Å². The zero-order valence-electron chi connectivity index (χ0n) is 14.2. The first kappa shape index (κ1) is 19.0. The van der Waals surface area contributed by atoms with Gasteiger partial charge >= 0.3 is 15.6 Å². The zero-order valence-corrected chi connectivity index (χ0v) is 15.0. The highest BCUT2D eigenvalue weighted by Crippen LogP contribution is 2.34. The molecule has 3 nitrogen and oxygen atoms in total. The molecule has 7 heteroatoms. The SMILES string of the molecule is Cc1ccc(-c2ccccc2-c2ccc(OS(=O)(=O)C(F)(F)F)cc2)cc1. The van der Waals surface area contributed by atoms with Crippen LogP contribution in [0.3, 0.4) is 0 Å². The third-order valence-corrected chi connectivity index (χ3v) is 4.92. The Balaban J connectivity index is 1.94. The zero-order chi connectivity index (χ0) is 19.7. The van der Waals surface area contributed by atoms with E-state index in [0.717, 1.165) is 27.8 Å². The van der Waals surface area contributed by atoms with Crippen LogP contribution in [0.1, 0.15) is 5.56 Å². The highest BCUT2D eigenvalue weighted by Gasteiger charge is 2.48. The normalized spacial score (nSPS) is 12.0. The minimum absolute atomic E-state index is 0.399. The molecule has 3 rings (SSSR count). The van der Waals surface area contributed by atoms with E-state index in [0.29, 0.717) is 0 Å². The van der Waals surface area contributed by atoms with Crippen molar-refractivity contribution in [1.29, 1.82) is 0 Å². The quantitative estimate of drug-likeness (QED) is 0.431. The number of halogens is 3. The van der Waals surface area contributed by atoms with E-state index >= 15 is 0 Å². The molecule has 0 amide bonds. The van der Waals surface area contributed by atoms with Crippen LogP contribution in [-0.4, -0.2) is 13.9 Å². The third kappa shape index (κ3) is 4.14. The van der Waals surface area contributed by atoms with Gasteiger partial charge < -0.3 is 4.18 Å². The first-order valence-corrected chi connectivity index (χ1v) is 9.35. The van der Waals surface area contributed by atoms with Crippen LogP contribution in [0.2, 0.25) is 0 Å². The number of hydrogen-bond donors (Lipinski definition) is 0. The lowest BCUT2D eigenvalue weighted by atomic mass is 9.94.